The maximum Gasteiger partial charge on any atom is 0.276 e. The monoisotopic (exact) mass is 473 g/mol. The Morgan fingerprint density at radius 2 is 1.71 bits per heavy atom. The molecule has 1 heterocycles. The number of carbonyl (C=O) groups is 1. The van der Waals surface area contributed by atoms with Crippen LogP contribution in [0.2, 0.25) is 10.0 Å². The van der Waals surface area contributed by atoms with Crippen LogP contribution in [-0.4, -0.2) is 30.4 Å². The van der Waals surface area contributed by atoms with Crippen LogP contribution in [0.15, 0.2) is 71.6 Å². The fourth-order valence-corrected chi connectivity index (χ4v) is 4.12. The molecule has 0 unspecified atom stereocenters. The second kappa shape index (κ2) is 8.34. The van der Waals surface area contributed by atoms with Crippen molar-refractivity contribution in [2.75, 3.05) is 11.6 Å². The van der Waals surface area contributed by atoms with Crippen molar-refractivity contribution in [1.29, 1.82) is 0 Å². The van der Waals surface area contributed by atoms with Crippen LogP contribution in [0.25, 0.3) is 10.9 Å². The SMILES string of the molecule is CS(=O)(=O)c1ccc(Cn2nc(C(=O)Nc3ccc(Cl)c(Cl)c3)c3ccccc32)cc1. The Labute approximate surface area is 189 Å². The molecule has 0 fully saturated rings. The number of anilines is 1. The molecule has 4 aromatic rings. The highest BCUT2D eigenvalue weighted by Crippen LogP contribution is 2.26. The lowest BCUT2D eigenvalue weighted by Gasteiger charge is -2.06. The summed E-state index contributed by atoms with van der Waals surface area (Å²) in [6.45, 7) is 0.380. The lowest BCUT2D eigenvalue weighted by atomic mass is 10.2. The number of rotatable bonds is 5. The van der Waals surface area contributed by atoms with Gasteiger partial charge in [0.05, 0.1) is 27.0 Å². The van der Waals surface area contributed by atoms with E-state index in [0.29, 0.717) is 27.7 Å². The Bertz CT molecular complexity index is 1400. The van der Waals surface area contributed by atoms with E-state index >= 15 is 0 Å². The minimum absolute atomic E-state index is 0.253. The fourth-order valence-electron chi connectivity index (χ4n) is 3.19. The van der Waals surface area contributed by atoms with Gasteiger partial charge in [-0.15, -0.1) is 0 Å². The first-order chi connectivity index (χ1) is 14.7. The van der Waals surface area contributed by atoms with Crippen molar-refractivity contribution >= 4 is 55.5 Å². The first-order valence-corrected chi connectivity index (χ1v) is 11.9. The molecular formula is C22H17Cl2N3O3S. The van der Waals surface area contributed by atoms with E-state index in [1.54, 1.807) is 47.1 Å². The fraction of sp³-hybridized carbons (Fsp3) is 0.0909. The van der Waals surface area contributed by atoms with Crippen molar-refractivity contribution < 1.29 is 13.2 Å². The number of nitrogens with zero attached hydrogens (tertiary/aromatic N) is 2. The first kappa shape index (κ1) is 21.4. The number of benzene rings is 3. The predicted octanol–water partition coefficient (Wildman–Crippen LogP) is 5.05. The van der Waals surface area contributed by atoms with Crippen LogP contribution in [0, 0.1) is 0 Å². The highest BCUT2D eigenvalue weighted by atomic mass is 35.5. The second-order valence-corrected chi connectivity index (χ2v) is 9.85. The standard InChI is InChI=1S/C22H17Cl2N3O3S/c1-31(29,30)16-9-6-14(7-10-16)13-27-20-5-3-2-4-17(20)21(26-27)22(28)25-15-8-11-18(23)19(24)12-15/h2-12H,13H2,1H3,(H,25,28). The van der Waals surface area contributed by atoms with Crippen LogP contribution in [0.3, 0.4) is 0 Å². The summed E-state index contributed by atoms with van der Waals surface area (Å²) in [5.74, 6) is -0.374. The van der Waals surface area contributed by atoms with Crippen LogP contribution in [0.5, 0.6) is 0 Å². The Hall–Kier alpha value is -2.87. The Kier molecular flexibility index (Phi) is 5.75. The van der Waals surface area contributed by atoms with Gasteiger partial charge in [0, 0.05) is 17.3 Å². The molecule has 4 rings (SSSR count). The van der Waals surface area contributed by atoms with Gasteiger partial charge in [-0.3, -0.25) is 9.48 Å². The number of amides is 1. The molecular weight excluding hydrogens is 457 g/mol. The average molecular weight is 474 g/mol. The van der Waals surface area contributed by atoms with Crippen molar-refractivity contribution in [3.63, 3.8) is 0 Å². The van der Waals surface area contributed by atoms with E-state index in [2.05, 4.69) is 10.4 Å². The molecule has 6 nitrogen and oxygen atoms in total. The van der Waals surface area contributed by atoms with Crippen molar-refractivity contribution in [3.05, 3.63) is 88.0 Å². The minimum Gasteiger partial charge on any atom is -0.321 e. The van der Waals surface area contributed by atoms with E-state index in [1.165, 1.54) is 6.26 Å². The smallest absolute Gasteiger partial charge is 0.276 e. The molecule has 3 aromatic carbocycles. The summed E-state index contributed by atoms with van der Waals surface area (Å²) in [6, 6.07) is 18.9. The van der Waals surface area contributed by atoms with Gasteiger partial charge >= 0.3 is 0 Å². The number of para-hydroxylation sites is 1. The van der Waals surface area contributed by atoms with Crippen molar-refractivity contribution in [2.24, 2.45) is 0 Å². The highest BCUT2D eigenvalue weighted by molar-refractivity contribution is 7.90. The van der Waals surface area contributed by atoms with Crippen LogP contribution >= 0.6 is 23.2 Å². The molecule has 9 heteroatoms. The second-order valence-electron chi connectivity index (χ2n) is 7.02. The maximum atomic E-state index is 12.9. The number of hydrogen-bond donors (Lipinski definition) is 1. The average Bonchev–Trinajstić information content (AvgIpc) is 3.09. The summed E-state index contributed by atoms with van der Waals surface area (Å²) in [5.41, 5.74) is 2.43. The molecule has 0 bridgehead atoms. The van der Waals surface area contributed by atoms with Crippen LogP contribution < -0.4 is 5.32 Å². The molecule has 0 spiro atoms. The number of carbonyl (C=O) groups excluding carboxylic acids is 1. The zero-order valence-corrected chi connectivity index (χ0v) is 18.7. The number of fused-ring (bicyclic) bond motifs is 1. The third kappa shape index (κ3) is 4.58. The van der Waals surface area contributed by atoms with Gasteiger partial charge in [0.25, 0.3) is 5.91 Å². The van der Waals surface area contributed by atoms with Gasteiger partial charge in [-0.1, -0.05) is 53.5 Å². The van der Waals surface area contributed by atoms with Crippen LogP contribution in [0.4, 0.5) is 5.69 Å². The van der Waals surface area contributed by atoms with E-state index < -0.39 is 9.84 Å². The minimum atomic E-state index is -3.26. The summed E-state index contributed by atoms with van der Waals surface area (Å²) in [7, 11) is -3.26. The number of halogens is 2. The van der Waals surface area contributed by atoms with Gasteiger partial charge < -0.3 is 5.32 Å². The molecule has 1 N–H and O–H groups in total. The van der Waals surface area contributed by atoms with Gasteiger partial charge in [0.15, 0.2) is 15.5 Å². The van der Waals surface area contributed by atoms with Gasteiger partial charge in [-0.05, 0) is 42.0 Å². The van der Waals surface area contributed by atoms with Gasteiger partial charge in [-0.2, -0.15) is 5.10 Å². The number of aromatic nitrogens is 2. The van der Waals surface area contributed by atoms with Gasteiger partial charge in [0.1, 0.15) is 0 Å². The quantitative estimate of drug-likeness (QED) is 0.439. The molecule has 0 saturated carbocycles. The summed E-state index contributed by atoms with van der Waals surface area (Å²) < 4.78 is 25.1. The third-order valence-corrected chi connectivity index (χ3v) is 6.60. The molecule has 0 aliphatic heterocycles. The van der Waals surface area contributed by atoms with Crippen LogP contribution in [-0.2, 0) is 16.4 Å². The molecule has 0 saturated heterocycles. The van der Waals surface area contributed by atoms with Crippen molar-refractivity contribution in [2.45, 2.75) is 11.4 Å². The Morgan fingerprint density at radius 1 is 1.00 bits per heavy atom. The van der Waals surface area contributed by atoms with Crippen molar-refractivity contribution in [1.82, 2.24) is 9.78 Å². The molecule has 0 aliphatic rings. The zero-order chi connectivity index (χ0) is 22.2. The largest absolute Gasteiger partial charge is 0.321 e. The van der Waals surface area contributed by atoms with Gasteiger partial charge in [-0.25, -0.2) is 8.42 Å². The molecule has 1 amide bonds. The third-order valence-electron chi connectivity index (χ3n) is 4.73. The number of nitrogens with one attached hydrogen (secondary N) is 1. The Balaban J connectivity index is 1.65. The molecule has 158 valence electrons. The summed E-state index contributed by atoms with van der Waals surface area (Å²) in [5, 5.41) is 8.76. The lowest BCUT2D eigenvalue weighted by Crippen LogP contribution is -2.14. The molecule has 31 heavy (non-hydrogen) atoms. The lowest BCUT2D eigenvalue weighted by molar-refractivity contribution is 0.102. The normalized spacial score (nSPS) is 11.6. The molecule has 0 radical (unpaired) electrons. The number of sulfone groups is 1. The summed E-state index contributed by atoms with van der Waals surface area (Å²) >= 11 is 12.0. The van der Waals surface area contributed by atoms with E-state index in [4.69, 9.17) is 23.2 Å². The predicted molar refractivity (Wildman–Crippen MR) is 123 cm³/mol. The van der Waals surface area contributed by atoms with E-state index in [0.717, 1.165) is 11.1 Å². The topological polar surface area (TPSA) is 81.1 Å². The Morgan fingerprint density at radius 3 is 2.39 bits per heavy atom. The van der Waals surface area contributed by atoms with Crippen molar-refractivity contribution in [3.8, 4) is 0 Å². The van der Waals surface area contributed by atoms with E-state index in [9.17, 15) is 13.2 Å². The van der Waals surface area contributed by atoms with Crippen LogP contribution in [0.1, 0.15) is 16.1 Å². The maximum absolute atomic E-state index is 12.9. The first-order valence-electron chi connectivity index (χ1n) is 9.23. The molecule has 0 atom stereocenters. The zero-order valence-electron chi connectivity index (χ0n) is 16.3. The van der Waals surface area contributed by atoms with E-state index in [1.807, 2.05) is 24.3 Å². The summed E-state index contributed by atoms with van der Waals surface area (Å²) in [4.78, 5) is 13.2. The number of hydrogen-bond acceptors (Lipinski definition) is 4. The molecule has 0 aliphatic carbocycles. The summed E-state index contributed by atoms with van der Waals surface area (Å²) in [6.07, 6.45) is 1.17. The molecule has 1 aromatic heterocycles. The highest BCUT2D eigenvalue weighted by Gasteiger charge is 2.18. The van der Waals surface area contributed by atoms with E-state index in [-0.39, 0.29) is 16.5 Å². The van der Waals surface area contributed by atoms with Gasteiger partial charge in [0.2, 0.25) is 0 Å².